The summed E-state index contributed by atoms with van der Waals surface area (Å²) in [5, 5.41) is 16.3. The number of hydrogen-bond acceptors (Lipinski definition) is 4. The van der Waals surface area contributed by atoms with E-state index in [-0.39, 0.29) is 0 Å². The van der Waals surface area contributed by atoms with Crippen LogP contribution in [0.5, 0.6) is 0 Å². The van der Waals surface area contributed by atoms with E-state index < -0.39 is 0 Å². The number of benzene rings is 12. The fraction of sp³-hybridized carbons (Fsp3) is 0. The summed E-state index contributed by atoms with van der Waals surface area (Å²) in [6.07, 6.45) is 0. The van der Waals surface area contributed by atoms with E-state index in [4.69, 9.17) is 19.4 Å². The quantitative estimate of drug-likeness (QED) is 0.162. The Balaban J connectivity index is 0.961. The third-order valence-electron chi connectivity index (χ3n) is 14.4. The van der Waals surface area contributed by atoms with Gasteiger partial charge >= 0.3 is 0 Å². The molecule has 3 aromatic heterocycles. The van der Waals surface area contributed by atoms with Crippen LogP contribution < -0.4 is 0 Å². The summed E-state index contributed by atoms with van der Waals surface area (Å²) in [5.41, 5.74) is 9.96. The summed E-state index contributed by atoms with van der Waals surface area (Å²) in [7, 11) is 0. The smallest absolute Gasteiger partial charge is 0.164 e. The van der Waals surface area contributed by atoms with Crippen LogP contribution in [0.15, 0.2) is 235 Å². The lowest BCUT2D eigenvalue weighted by Gasteiger charge is -2.12. The third-order valence-corrected chi connectivity index (χ3v) is 14.4. The Hall–Kier alpha value is -9.45. The fourth-order valence-electron chi connectivity index (χ4n) is 11.0. The molecule has 0 bridgehead atoms. The van der Waals surface area contributed by atoms with Crippen LogP contribution in [0.2, 0.25) is 0 Å². The second-order valence-electron chi connectivity index (χ2n) is 18.4. The first kappa shape index (κ1) is 38.6. The van der Waals surface area contributed by atoms with Gasteiger partial charge in [-0.15, -0.1) is 0 Å². The molecule has 0 amide bonds. The van der Waals surface area contributed by atoms with Crippen LogP contribution in [-0.2, 0) is 0 Å². The van der Waals surface area contributed by atoms with Crippen molar-refractivity contribution in [2.75, 3.05) is 0 Å². The number of rotatable bonds is 5. The van der Waals surface area contributed by atoms with Gasteiger partial charge in [-0.05, 0) is 120 Å². The first-order valence-electron chi connectivity index (χ1n) is 23.7. The van der Waals surface area contributed by atoms with Crippen molar-refractivity contribution in [1.29, 1.82) is 0 Å². The van der Waals surface area contributed by atoms with Crippen molar-refractivity contribution in [2.45, 2.75) is 0 Å². The molecule has 0 radical (unpaired) electrons. The minimum Gasteiger partial charge on any atom is -0.456 e. The molecular weight excluding hydrogens is 853 g/mol. The Kier molecular flexibility index (Phi) is 8.29. The molecule has 0 aliphatic carbocycles. The minimum atomic E-state index is 0.577. The summed E-state index contributed by atoms with van der Waals surface area (Å²) in [5.74, 6) is 1.78. The van der Waals surface area contributed by atoms with E-state index in [1.807, 2.05) is 12.1 Å². The zero-order valence-electron chi connectivity index (χ0n) is 37.6. The molecule has 0 fully saturated rings. The van der Waals surface area contributed by atoms with Gasteiger partial charge in [-0.3, -0.25) is 0 Å². The van der Waals surface area contributed by atoms with Crippen molar-refractivity contribution < 1.29 is 4.42 Å². The molecule has 0 spiro atoms. The Morgan fingerprint density at radius 2 is 0.814 bits per heavy atom. The Labute approximate surface area is 401 Å². The molecule has 3 heterocycles. The van der Waals surface area contributed by atoms with E-state index in [1.165, 1.54) is 48.5 Å². The van der Waals surface area contributed by atoms with E-state index in [0.29, 0.717) is 17.5 Å². The van der Waals surface area contributed by atoms with Gasteiger partial charge in [0, 0.05) is 43.9 Å². The zero-order chi connectivity index (χ0) is 45.9. The average Bonchev–Trinajstić information content (AvgIpc) is 3.96. The van der Waals surface area contributed by atoms with Crippen molar-refractivity contribution in [1.82, 2.24) is 19.5 Å². The number of hydrogen-bond donors (Lipinski definition) is 0. The molecule has 70 heavy (non-hydrogen) atoms. The van der Waals surface area contributed by atoms with E-state index in [0.717, 1.165) is 82.6 Å². The van der Waals surface area contributed by atoms with Crippen LogP contribution in [0.4, 0.5) is 0 Å². The van der Waals surface area contributed by atoms with Gasteiger partial charge in [-0.2, -0.15) is 0 Å². The van der Waals surface area contributed by atoms with Crippen molar-refractivity contribution in [3.63, 3.8) is 0 Å². The Morgan fingerprint density at radius 1 is 0.286 bits per heavy atom. The van der Waals surface area contributed by atoms with Gasteiger partial charge in [-0.25, -0.2) is 15.0 Å². The molecule has 5 nitrogen and oxygen atoms in total. The molecule has 5 heteroatoms. The molecule has 324 valence electrons. The van der Waals surface area contributed by atoms with E-state index in [2.05, 4.69) is 223 Å². The molecule has 0 saturated heterocycles. The molecule has 0 atom stereocenters. The topological polar surface area (TPSA) is 56.7 Å². The zero-order valence-corrected chi connectivity index (χ0v) is 37.6. The monoisotopic (exact) mass is 890 g/mol. The number of nitrogens with zero attached hydrogens (tertiary/aromatic N) is 4. The highest BCUT2D eigenvalue weighted by Crippen LogP contribution is 2.43. The lowest BCUT2D eigenvalue weighted by atomic mass is 9.99. The molecular formula is C65H38N4O. The van der Waals surface area contributed by atoms with Gasteiger partial charge < -0.3 is 8.98 Å². The maximum Gasteiger partial charge on any atom is 0.164 e. The predicted octanol–water partition coefficient (Wildman–Crippen LogP) is 17.3. The first-order chi connectivity index (χ1) is 34.6. The molecule has 15 aromatic rings. The predicted molar refractivity (Wildman–Crippen MR) is 291 cm³/mol. The number of aromatic nitrogens is 4. The van der Waals surface area contributed by atoms with Crippen LogP contribution in [-0.4, -0.2) is 19.5 Å². The van der Waals surface area contributed by atoms with Crippen molar-refractivity contribution >= 4 is 97.6 Å². The van der Waals surface area contributed by atoms with Crippen molar-refractivity contribution in [3.8, 4) is 51.0 Å². The summed E-state index contributed by atoms with van der Waals surface area (Å²) in [6, 6.07) is 82.4. The van der Waals surface area contributed by atoms with Gasteiger partial charge in [0.25, 0.3) is 0 Å². The minimum absolute atomic E-state index is 0.577. The molecule has 0 unspecified atom stereocenters. The summed E-state index contributed by atoms with van der Waals surface area (Å²) < 4.78 is 9.22. The SMILES string of the molecule is c1ccc(-c2ccc(-c3nc(-c4ccc5c(ccc6ccccc65)c4)nc(-c4cccc5oc6ccc7ccc(-n8c9cc%10ccccc%10cc9c9cc%10ccccc%10cc98)cc7c6c45)n3)cc2)cc1. The van der Waals surface area contributed by atoms with E-state index in [9.17, 15) is 0 Å². The maximum atomic E-state index is 6.78. The molecule has 0 aliphatic rings. The lowest BCUT2D eigenvalue weighted by Crippen LogP contribution is -2.00. The lowest BCUT2D eigenvalue weighted by molar-refractivity contribution is 0.669. The second kappa shape index (κ2) is 15.0. The average molecular weight is 891 g/mol. The molecule has 15 rings (SSSR count). The summed E-state index contributed by atoms with van der Waals surface area (Å²) in [4.78, 5) is 15.9. The van der Waals surface area contributed by atoms with E-state index >= 15 is 0 Å². The first-order valence-corrected chi connectivity index (χ1v) is 23.7. The van der Waals surface area contributed by atoms with Gasteiger partial charge in [0.15, 0.2) is 17.5 Å². The maximum absolute atomic E-state index is 6.78. The largest absolute Gasteiger partial charge is 0.456 e. The molecule has 0 saturated carbocycles. The fourth-order valence-corrected chi connectivity index (χ4v) is 11.0. The summed E-state index contributed by atoms with van der Waals surface area (Å²) in [6.45, 7) is 0. The Bertz CT molecular complexity index is 4550. The van der Waals surface area contributed by atoms with Gasteiger partial charge in [0.05, 0.1) is 11.0 Å². The highest BCUT2D eigenvalue weighted by Gasteiger charge is 2.21. The number of fused-ring (bicyclic) bond motifs is 13. The van der Waals surface area contributed by atoms with Crippen LogP contribution in [0, 0.1) is 0 Å². The summed E-state index contributed by atoms with van der Waals surface area (Å²) >= 11 is 0. The standard InChI is InChI=1S/C65H38N4O/c1-2-11-39(12-3-1)40-21-24-43(25-22-40)63-66-64(49-28-31-52-48(33-49)26-23-41-13-8-9-18-51(41)52)68-65(67-63)53-19-10-20-59-61(53)62-54-38-50(30-27-42(54)29-32-60(62)70-59)69-57-36-46-16-6-4-14-44(46)34-55(57)56-35-45-15-5-7-17-47(45)37-58(56)69/h1-38H. The van der Waals surface area contributed by atoms with Crippen LogP contribution >= 0.6 is 0 Å². The molecule has 12 aromatic carbocycles. The van der Waals surface area contributed by atoms with Crippen LogP contribution in [0.1, 0.15) is 0 Å². The normalized spacial score (nSPS) is 12.0. The van der Waals surface area contributed by atoms with Crippen molar-refractivity contribution in [3.05, 3.63) is 231 Å². The number of furan rings is 1. The van der Waals surface area contributed by atoms with Crippen LogP contribution in [0.3, 0.4) is 0 Å². The van der Waals surface area contributed by atoms with Gasteiger partial charge in [0.2, 0.25) is 0 Å². The van der Waals surface area contributed by atoms with Crippen molar-refractivity contribution in [2.24, 2.45) is 0 Å². The van der Waals surface area contributed by atoms with Crippen LogP contribution in [0.25, 0.3) is 149 Å². The Morgan fingerprint density at radius 3 is 1.56 bits per heavy atom. The molecule has 0 N–H and O–H groups in total. The highest BCUT2D eigenvalue weighted by atomic mass is 16.3. The highest BCUT2D eigenvalue weighted by molar-refractivity contribution is 6.23. The van der Waals surface area contributed by atoms with E-state index in [1.54, 1.807) is 0 Å². The third kappa shape index (κ3) is 6.02. The van der Waals surface area contributed by atoms with Gasteiger partial charge in [-0.1, -0.05) is 176 Å². The molecule has 0 aliphatic heterocycles. The second-order valence-corrected chi connectivity index (χ2v) is 18.4. The van der Waals surface area contributed by atoms with Gasteiger partial charge in [0.1, 0.15) is 11.2 Å².